The zero-order chi connectivity index (χ0) is 14.4. The fraction of sp³-hybridized carbons (Fsp3) is 0.765. The highest BCUT2D eigenvalue weighted by Crippen LogP contribution is 2.25. The molecule has 0 amide bonds. The predicted octanol–water partition coefficient (Wildman–Crippen LogP) is 4.44. The Morgan fingerprint density at radius 2 is 2.20 bits per heavy atom. The fourth-order valence-corrected chi connectivity index (χ4v) is 3.99. The van der Waals surface area contributed by atoms with Gasteiger partial charge < -0.3 is 10.2 Å². The maximum absolute atomic E-state index is 3.94. The molecule has 2 atom stereocenters. The Labute approximate surface area is 128 Å². The highest BCUT2D eigenvalue weighted by molar-refractivity contribution is 7.10. The van der Waals surface area contributed by atoms with E-state index in [1.54, 1.807) is 0 Å². The van der Waals surface area contributed by atoms with Gasteiger partial charge in [-0.3, -0.25) is 0 Å². The molecule has 1 saturated heterocycles. The highest BCUT2D eigenvalue weighted by Gasteiger charge is 2.21. The average Bonchev–Trinajstić information content (AvgIpc) is 2.85. The van der Waals surface area contributed by atoms with Crippen LogP contribution in [0.3, 0.4) is 0 Å². The van der Waals surface area contributed by atoms with Crippen LogP contribution in [0.2, 0.25) is 0 Å². The molecule has 1 N–H and O–H groups in total. The minimum absolute atomic E-state index is 0.565. The summed E-state index contributed by atoms with van der Waals surface area (Å²) in [5.41, 5.74) is 0. The Hall–Kier alpha value is -0.380. The number of rotatable bonds is 6. The summed E-state index contributed by atoms with van der Waals surface area (Å²) in [7, 11) is 0. The van der Waals surface area contributed by atoms with Crippen LogP contribution in [0.25, 0.3) is 0 Å². The van der Waals surface area contributed by atoms with Gasteiger partial charge in [0.1, 0.15) is 0 Å². The number of nitrogens with one attached hydrogen (secondary N) is 1. The third kappa shape index (κ3) is 4.57. The SMILES string of the molecule is CCCC(NC1CCCN(C(C)C)CC1)c1cccs1. The Morgan fingerprint density at radius 1 is 1.35 bits per heavy atom. The maximum Gasteiger partial charge on any atom is 0.0416 e. The first-order valence-corrected chi connectivity index (χ1v) is 9.12. The molecular formula is C17H30N2S. The first kappa shape index (κ1) is 16.0. The second kappa shape index (κ2) is 8.16. The van der Waals surface area contributed by atoms with E-state index in [0.717, 1.165) is 0 Å². The largest absolute Gasteiger partial charge is 0.306 e. The summed E-state index contributed by atoms with van der Waals surface area (Å²) in [6.45, 7) is 9.44. The molecular weight excluding hydrogens is 264 g/mol. The zero-order valence-corrected chi connectivity index (χ0v) is 14.1. The topological polar surface area (TPSA) is 15.3 Å². The molecule has 0 spiro atoms. The quantitative estimate of drug-likeness (QED) is 0.834. The summed E-state index contributed by atoms with van der Waals surface area (Å²) in [4.78, 5) is 4.14. The lowest BCUT2D eigenvalue weighted by molar-refractivity contribution is 0.228. The minimum Gasteiger partial charge on any atom is -0.306 e. The first-order valence-electron chi connectivity index (χ1n) is 8.24. The molecule has 0 saturated carbocycles. The van der Waals surface area contributed by atoms with Crippen LogP contribution in [0.4, 0.5) is 0 Å². The fourth-order valence-electron chi connectivity index (χ4n) is 3.17. The molecule has 3 heteroatoms. The lowest BCUT2D eigenvalue weighted by Crippen LogP contribution is -2.35. The molecule has 0 aromatic carbocycles. The van der Waals surface area contributed by atoms with E-state index in [1.165, 1.54) is 50.1 Å². The molecule has 1 aliphatic rings. The molecule has 2 rings (SSSR count). The Kier molecular flexibility index (Phi) is 6.53. The van der Waals surface area contributed by atoms with Crippen LogP contribution < -0.4 is 5.32 Å². The normalized spacial score (nSPS) is 22.9. The van der Waals surface area contributed by atoms with Crippen LogP contribution in [-0.2, 0) is 0 Å². The Bertz CT molecular complexity index is 361. The number of nitrogens with zero attached hydrogens (tertiary/aromatic N) is 1. The third-order valence-electron chi connectivity index (χ3n) is 4.39. The van der Waals surface area contributed by atoms with Crippen LogP contribution in [0.1, 0.15) is 63.8 Å². The minimum atomic E-state index is 0.565. The smallest absolute Gasteiger partial charge is 0.0416 e. The molecule has 2 nitrogen and oxygen atoms in total. The molecule has 2 heterocycles. The monoisotopic (exact) mass is 294 g/mol. The van der Waals surface area contributed by atoms with Crippen molar-refractivity contribution in [2.45, 2.75) is 71.0 Å². The number of hydrogen-bond donors (Lipinski definition) is 1. The van der Waals surface area contributed by atoms with Gasteiger partial charge in [-0.2, -0.15) is 0 Å². The van der Waals surface area contributed by atoms with Crippen molar-refractivity contribution in [2.24, 2.45) is 0 Å². The number of thiophene rings is 1. The summed E-state index contributed by atoms with van der Waals surface area (Å²) < 4.78 is 0. The van der Waals surface area contributed by atoms with Crippen LogP contribution in [0, 0.1) is 0 Å². The van der Waals surface area contributed by atoms with Gasteiger partial charge in [0.05, 0.1) is 0 Å². The molecule has 1 aromatic heterocycles. The average molecular weight is 295 g/mol. The van der Waals surface area contributed by atoms with E-state index in [1.807, 2.05) is 11.3 Å². The van der Waals surface area contributed by atoms with E-state index in [2.05, 4.69) is 48.5 Å². The van der Waals surface area contributed by atoms with Crippen molar-refractivity contribution in [2.75, 3.05) is 13.1 Å². The van der Waals surface area contributed by atoms with E-state index in [9.17, 15) is 0 Å². The number of likely N-dealkylation sites (tertiary alicyclic amines) is 1. The van der Waals surface area contributed by atoms with E-state index in [4.69, 9.17) is 0 Å². The van der Waals surface area contributed by atoms with Crippen molar-refractivity contribution < 1.29 is 0 Å². The molecule has 1 aromatic rings. The molecule has 0 bridgehead atoms. The molecule has 1 fully saturated rings. The number of hydrogen-bond acceptors (Lipinski definition) is 3. The Morgan fingerprint density at radius 3 is 2.85 bits per heavy atom. The summed E-state index contributed by atoms with van der Waals surface area (Å²) in [6.07, 6.45) is 6.46. The predicted molar refractivity (Wildman–Crippen MR) is 89.5 cm³/mol. The zero-order valence-electron chi connectivity index (χ0n) is 13.3. The first-order chi connectivity index (χ1) is 9.70. The van der Waals surface area contributed by atoms with Crippen LogP contribution in [0.5, 0.6) is 0 Å². The lowest BCUT2D eigenvalue weighted by atomic mass is 10.0. The second-order valence-corrected chi connectivity index (χ2v) is 7.26. The molecule has 114 valence electrons. The molecule has 0 radical (unpaired) electrons. The molecule has 1 aliphatic heterocycles. The standard InChI is InChI=1S/C17H30N2S/c1-4-7-16(17-9-6-13-20-17)18-15-8-5-11-19(12-10-15)14(2)3/h6,9,13-16,18H,4-5,7-8,10-12H2,1-3H3. The van der Waals surface area contributed by atoms with Crippen LogP contribution >= 0.6 is 11.3 Å². The summed E-state index contributed by atoms with van der Waals surface area (Å²) in [6, 6.07) is 6.41. The summed E-state index contributed by atoms with van der Waals surface area (Å²) in [5.74, 6) is 0. The summed E-state index contributed by atoms with van der Waals surface area (Å²) in [5, 5.41) is 6.14. The van der Waals surface area contributed by atoms with Crippen molar-refractivity contribution >= 4 is 11.3 Å². The van der Waals surface area contributed by atoms with Gasteiger partial charge in [-0.1, -0.05) is 19.4 Å². The van der Waals surface area contributed by atoms with Crippen LogP contribution in [-0.4, -0.2) is 30.1 Å². The van der Waals surface area contributed by atoms with Crippen molar-refractivity contribution in [3.63, 3.8) is 0 Å². The van der Waals surface area contributed by atoms with Crippen molar-refractivity contribution in [1.82, 2.24) is 10.2 Å². The highest BCUT2D eigenvalue weighted by atomic mass is 32.1. The van der Waals surface area contributed by atoms with Gasteiger partial charge in [-0.05, 0) is 64.1 Å². The van der Waals surface area contributed by atoms with Gasteiger partial charge >= 0.3 is 0 Å². The lowest BCUT2D eigenvalue weighted by Gasteiger charge is -2.26. The van der Waals surface area contributed by atoms with Gasteiger partial charge in [0.2, 0.25) is 0 Å². The van der Waals surface area contributed by atoms with Gasteiger partial charge in [-0.25, -0.2) is 0 Å². The van der Waals surface area contributed by atoms with Crippen LogP contribution in [0.15, 0.2) is 17.5 Å². The van der Waals surface area contributed by atoms with Crippen molar-refractivity contribution in [3.8, 4) is 0 Å². The van der Waals surface area contributed by atoms with E-state index in [0.29, 0.717) is 18.1 Å². The Balaban J connectivity index is 1.90. The van der Waals surface area contributed by atoms with Crippen molar-refractivity contribution in [3.05, 3.63) is 22.4 Å². The van der Waals surface area contributed by atoms with E-state index < -0.39 is 0 Å². The molecule has 0 aliphatic carbocycles. The van der Waals surface area contributed by atoms with E-state index >= 15 is 0 Å². The van der Waals surface area contributed by atoms with Gasteiger partial charge in [0.25, 0.3) is 0 Å². The van der Waals surface area contributed by atoms with Gasteiger partial charge in [0.15, 0.2) is 0 Å². The van der Waals surface area contributed by atoms with Gasteiger partial charge in [-0.15, -0.1) is 11.3 Å². The molecule has 2 unspecified atom stereocenters. The molecule has 20 heavy (non-hydrogen) atoms. The van der Waals surface area contributed by atoms with Gasteiger partial charge in [0, 0.05) is 23.0 Å². The second-order valence-electron chi connectivity index (χ2n) is 6.28. The third-order valence-corrected chi connectivity index (χ3v) is 5.38. The van der Waals surface area contributed by atoms with Crippen molar-refractivity contribution in [1.29, 1.82) is 0 Å². The van der Waals surface area contributed by atoms with E-state index in [-0.39, 0.29) is 0 Å². The maximum atomic E-state index is 3.94. The summed E-state index contributed by atoms with van der Waals surface area (Å²) >= 11 is 1.90.